The van der Waals surface area contributed by atoms with Gasteiger partial charge in [-0.2, -0.15) is 0 Å². The first-order chi connectivity index (χ1) is 12.7. The summed E-state index contributed by atoms with van der Waals surface area (Å²) in [6, 6.07) is 6.75. The van der Waals surface area contributed by atoms with Crippen molar-refractivity contribution in [1.82, 2.24) is 10.6 Å². The SMILES string of the molecule is CC(C)C[C@H](NC(=O)[C@H](C)N)C(=O)NCC(=O)COC(=O)c1ccccc1. The summed E-state index contributed by atoms with van der Waals surface area (Å²) in [4.78, 5) is 47.7. The van der Waals surface area contributed by atoms with Crippen molar-refractivity contribution < 1.29 is 23.9 Å². The van der Waals surface area contributed by atoms with Crippen LogP contribution in [0.2, 0.25) is 0 Å². The van der Waals surface area contributed by atoms with Gasteiger partial charge in [-0.3, -0.25) is 14.4 Å². The van der Waals surface area contributed by atoms with Crippen LogP contribution in [0.25, 0.3) is 0 Å². The monoisotopic (exact) mass is 377 g/mol. The summed E-state index contributed by atoms with van der Waals surface area (Å²) in [5.74, 6) is -1.86. The second kappa shape index (κ2) is 11.1. The molecule has 0 saturated heterocycles. The third-order valence-electron chi connectivity index (χ3n) is 3.59. The van der Waals surface area contributed by atoms with Gasteiger partial charge in [0, 0.05) is 0 Å². The van der Waals surface area contributed by atoms with Crippen LogP contribution in [0, 0.1) is 5.92 Å². The fourth-order valence-corrected chi connectivity index (χ4v) is 2.17. The van der Waals surface area contributed by atoms with E-state index in [1.807, 2.05) is 13.8 Å². The first-order valence-corrected chi connectivity index (χ1v) is 8.78. The van der Waals surface area contributed by atoms with Crippen molar-refractivity contribution in [2.75, 3.05) is 13.2 Å². The summed E-state index contributed by atoms with van der Waals surface area (Å²) in [7, 11) is 0. The number of hydrogen-bond donors (Lipinski definition) is 3. The van der Waals surface area contributed by atoms with Crippen molar-refractivity contribution in [3.05, 3.63) is 35.9 Å². The number of rotatable bonds is 10. The van der Waals surface area contributed by atoms with Gasteiger partial charge in [0.1, 0.15) is 6.04 Å². The second-order valence-electron chi connectivity index (χ2n) is 6.68. The fourth-order valence-electron chi connectivity index (χ4n) is 2.17. The van der Waals surface area contributed by atoms with E-state index in [4.69, 9.17) is 10.5 Å². The number of ether oxygens (including phenoxy) is 1. The third kappa shape index (κ3) is 8.46. The number of hydrogen-bond acceptors (Lipinski definition) is 6. The smallest absolute Gasteiger partial charge is 0.338 e. The van der Waals surface area contributed by atoms with Gasteiger partial charge in [0.25, 0.3) is 0 Å². The van der Waals surface area contributed by atoms with Crippen LogP contribution in [0.15, 0.2) is 30.3 Å². The number of carbonyl (C=O) groups is 4. The number of nitrogens with one attached hydrogen (secondary N) is 2. The lowest BCUT2D eigenvalue weighted by Gasteiger charge is -2.21. The minimum absolute atomic E-state index is 0.150. The highest BCUT2D eigenvalue weighted by atomic mass is 16.5. The van der Waals surface area contributed by atoms with Crippen molar-refractivity contribution in [3.63, 3.8) is 0 Å². The minimum Gasteiger partial charge on any atom is -0.454 e. The summed E-state index contributed by atoms with van der Waals surface area (Å²) >= 11 is 0. The van der Waals surface area contributed by atoms with Crippen LogP contribution < -0.4 is 16.4 Å². The van der Waals surface area contributed by atoms with Gasteiger partial charge in [0.05, 0.1) is 18.2 Å². The molecule has 2 atom stereocenters. The summed E-state index contributed by atoms with van der Waals surface area (Å²) in [6.07, 6.45) is 0.404. The Morgan fingerprint density at radius 2 is 1.67 bits per heavy atom. The van der Waals surface area contributed by atoms with Crippen LogP contribution in [-0.2, 0) is 19.1 Å². The lowest BCUT2D eigenvalue weighted by Crippen LogP contribution is -2.52. The van der Waals surface area contributed by atoms with Gasteiger partial charge in [0.15, 0.2) is 12.4 Å². The van der Waals surface area contributed by atoms with Gasteiger partial charge in [-0.1, -0.05) is 32.0 Å². The minimum atomic E-state index is -0.789. The van der Waals surface area contributed by atoms with E-state index in [1.54, 1.807) is 30.3 Å². The van der Waals surface area contributed by atoms with E-state index in [9.17, 15) is 19.2 Å². The van der Waals surface area contributed by atoms with Crippen LogP contribution in [0.5, 0.6) is 0 Å². The molecule has 0 aliphatic carbocycles. The maximum absolute atomic E-state index is 12.3. The largest absolute Gasteiger partial charge is 0.454 e. The van der Waals surface area contributed by atoms with Crippen molar-refractivity contribution >= 4 is 23.6 Å². The molecule has 0 radical (unpaired) electrons. The molecule has 0 aromatic heterocycles. The highest BCUT2D eigenvalue weighted by Gasteiger charge is 2.23. The molecule has 27 heavy (non-hydrogen) atoms. The normalized spacial score (nSPS) is 12.8. The van der Waals surface area contributed by atoms with Gasteiger partial charge < -0.3 is 21.1 Å². The molecule has 8 nitrogen and oxygen atoms in total. The number of benzene rings is 1. The molecule has 0 bridgehead atoms. The Kier molecular flexibility index (Phi) is 9.15. The first kappa shape index (κ1) is 22.3. The van der Waals surface area contributed by atoms with Gasteiger partial charge in [0.2, 0.25) is 11.8 Å². The van der Waals surface area contributed by atoms with E-state index in [2.05, 4.69) is 10.6 Å². The molecule has 0 aliphatic heterocycles. The van der Waals surface area contributed by atoms with E-state index in [0.717, 1.165) is 0 Å². The van der Waals surface area contributed by atoms with Crippen LogP contribution in [-0.4, -0.2) is 48.8 Å². The van der Waals surface area contributed by atoms with Crippen molar-refractivity contribution in [2.24, 2.45) is 11.7 Å². The molecule has 0 unspecified atom stereocenters. The predicted molar refractivity (Wildman–Crippen MR) is 99.8 cm³/mol. The Labute approximate surface area is 158 Å². The van der Waals surface area contributed by atoms with E-state index in [-0.39, 0.29) is 12.5 Å². The zero-order valence-electron chi connectivity index (χ0n) is 15.9. The molecule has 0 fully saturated rings. The molecule has 1 rings (SSSR count). The molecule has 0 heterocycles. The average Bonchev–Trinajstić information content (AvgIpc) is 2.63. The zero-order chi connectivity index (χ0) is 20.4. The zero-order valence-corrected chi connectivity index (χ0v) is 15.9. The van der Waals surface area contributed by atoms with E-state index in [0.29, 0.717) is 12.0 Å². The fraction of sp³-hybridized carbons (Fsp3) is 0.474. The van der Waals surface area contributed by atoms with Gasteiger partial charge in [-0.25, -0.2) is 4.79 Å². The lowest BCUT2D eigenvalue weighted by atomic mass is 10.0. The van der Waals surface area contributed by atoms with Crippen molar-refractivity contribution in [3.8, 4) is 0 Å². The molecular formula is C19H27N3O5. The van der Waals surface area contributed by atoms with Crippen LogP contribution >= 0.6 is 0 Å². The molecule has 0 aliphatic rings. The van der Waals surface area contributed by atoms with E-state index in [1.165, 1.54) is 6.92 Å². The Balaban J connectivity index is 2.48. The van der Waals surface area contributed by atoms with Crippen molar-refractivity contribution in [2.45, 2.75) is 39.3 Å². The molecule has 1 aromatic carbocycles. The Bertz CT molecular complexity index is 659. The average molecular weight is 377 g/mol. The molecule has 0 saturated carbocycles. The third-order valence-corrected chi connectivity index (χ3v) is 3.59. The lowest BCUT2D eigenvalue weighted by molar-refractivity contribution is -0.131. The van der Waals surface area contributed by atoms with Crippen LogP contribution in [0.4, 0.5) is 0 Å². The van der Waals surface area contributed by atoms with E-state index >= 15 is 0 Å². The molecular weight excluding hydrogens is 350 g/mol. The number of amides is 2. The molecule has 1 aromatic rings. The summed E-state index contributed by atoms with van der Waals surface area (Å²) in [5, 5.41) is 5.03. The molecule has 4 N–H and O–H groups in total. The highest BCUT2D eigenvalue weighted by Crippen LogP contribution is 2.05. The topological polar surface area (TPSA) is 128 Å². The molecule has 0 spiro atoms. The quantitative estimate of drug-likeness (QED) is 0.507. The highest BCUT2D eigenvalue weighted by molar-refractivity contribution is 5.94. The predicted octanol–water partition coefficient (Wildman–Crippen LogP) is 0.407. The maximum atomic E-state index is 12.3. The Hall–Kier alpha value is -2.74. The molecule has 148 valence electrons. The number of Topliss-reactive ketones (excluding diaryl/α,β-unsaturated/α-hetero) is 1. The van der Waals surface area contributed by atoms with Crippen LogP contribution in [0.1, 0.15) is 37.6 Å². The summed E-state index contributed by atoms with van der Waals surface area (Å²) in [5.41, 5.74) is 5.84. The second-order valence-corrected chi connectivity index (χ2v) is 6.68. The van der Waals surface area contributed by atoms with Gasteiger partial charge >= 0.3 is 5.97 Å². The Morgan fingerprint density at radius 3 is 2.22 bits per heavy atom. The molecule has 8 heteroatoms. The van der Waals surface area contributed by atoms with Crippen LogP contribution in [0.3, 0.4) is 0 Å². The van der Waals surface area contributed by atoms with Crippen molar-refractivity contribution in [1.29, 1.82) is 0 Å². The van der Waals surface area contributed by atoms with E-state index < -0.39 is 42.3 Å². The first-order valence-electron chi connectivity index (χ1n) is 8.78. The maximum Gasteiger partial charge on any atom is 0.338 e. The summed E-state index contributed by atoms with van der Waals surface area (Å²) < 4.78 is 4.92. The number of nitrogens with two attached hydrogens (primary N) is 1. The Morgan fingerprint density at radius 1 is 1.04 bits per heavy atom. The number of ketones is 1. The molecule has 2 amide bonds. The standard InChI is InChI=1S/C19H27N3O5/c1-12(2)9-16(22-17(24)13(3)20)18(25)21-10-15(23)11-27-19(26)14-7-5-4-6-8-14/h4-8,12-13,16H,9-11,20H2,1-3H3,(H,21,25)(H,22,24)/t13-,16-/m0/s1. The van der Waals surface area contributed by atoms with Gasteiger partial charge in [-0.05, 0) is 31.4 Å². The summed E-state index contributed by atoms with van der Waals surface area (Å²) in [6.45, 7) is 4.59. The number of carbonyl (C=O) groups excluding carboxylic acids is 4. The number of esters is 1. The van der Waals surface area contributed by atoms with Gasteiger partial charge in [-0.15, -0.1) is 0 Å².